The highest BCUT2D eigenvalue weighted by Crippen LogP contribution is 2.38. The number of imidazole rings is 1. The Kier molecular flexibility index (Phi) is 9.13. The largest absolute Gasteiger partial charge is 0.496 e. The molecule has 0 saturated heterocycles. The van der Waals surface area contributed by atoms with Crippen LogP contribution in [-0.2, 0) is 24.2 Å². The van der Waals surface area contributed by atoms with Crippen molar-refractivity contribution < 1.29 is 19.0 Å². The maximum absolute atomic E-state index is 12.8. The second-order valence-corrected chi connectivity index (χ2v) is 9.70. The van der Waals surface area contributed by atoms with E-state index in [0.29, 0.717) is 35.9 Å². The molecule has 0 aliphatic carbocycles. The average molecular weight is 536 g/mol. The smallest absolute Gasteiger partial charge is 0.220 e. The van der Waals surface area contributed by atoms with Gasteiger partial charge in [0.1, 0.15) is 11.4 Å². The fourth-order valence-electron chi connectivity index (χ4n) is 4.67. The molecule has 0 spiro atoms. The number of benzene rings is 2. The van der Waals surface area contributed by atoms with Crippen molar-refractivity contribution in [3.05, 3.63) is 88.3 Å². The van der Waals surface area contributed by atoms with E-state index in [0.717, 1.165) is 46.8 Å². The standard InChI is InChI=1S/C30H34ClN3O4/c1-20(17-22-13-14-26(37-3)30(38-4)29(22)31)12-15-28(35)32-19-23-24(34-16-8-7-11-27(34)33-23)18-21-9-5-6-10-25(21)36-2/h5-11,13-14,16,20H,12,15,17-19H2,1-4H3,(H,32,35). The zero-order valence-electron chi connectivity index (χ0n) is 22.3. The fraction of sp³-hybridized carbons (Fsp3) is 0.333. The Hall–Kier alpha value is -3.71. The summed E-state index contributed by atoms with van der Waals surface area (Å²) in [6.07, 6.45) is 4.53. The fourth-order valence-corrected chi connectivity index (χ4v) is 4.98. The lowest BCUT2D eigenvalue weighted by atomic mass is 9.96. The molecule has 0 saturated carbocycles. The van der Waals surface area contributed by atoms with E-state index in [-0.39, 0.29) is 11.8 Å². The molecule has 38 heavy (non-hydrogen) atoms. The molecule has 0 fully saturated rings. The number of para-hydroxylation sites is 1. The van der Waals surface area contributed by atoms with Crippen LogP contribution < -0.4 is 19.5 Å². The van der Waals surface area contributed by atoms with Gasteiger partial charge in [-0.25, -0.2) is 4.98 Å². The molecule has 0 bridgehead atoms. The Morgan fingerprint density at radius 3 is 2.50 bits per heavy atom. The number of halogens is 1. The lowest BCUT2D eigenvalue weighted by Crippen LogP contribution is -2.24. The van der Waals surface area contributed by atoms with Gasteiger partial charge in [0.25, 0.3) is 0 Å². The number of ether oxygens (including phenoxy) is 3. The van der Waals surface area contributed by atoms with Crippen LogP contribution in [0.4, 0.5) is 0 Å². The molecule has 4 aromatic rings. The van der Waals surface area contributed by atoms with E-state index in [2.05, 4.69) is 22.7 Å². The first-order valence-corrected chi connectivity index (χ1v) is 13.1. The van der Waals surface area contributed by atoms with Gasteiger partial charge < -0.3 is 23.9 Å². The third-order valence-electron chi connectivity index (χ3n) is 6.71. The van der Waals surface area contributed by atoms with Crippen LogP contribution in [0.15, 0.2) is 60.8 Å². The van der Waals surface area contributed by atoms with Crippen molar-refractivity contribution in [3.63, 3.8) is 0 Å². The van der Waals surface area contributed by atoms with Gasteiger partial charge in [-0.1, -0.05) is 48.9 Å². The number of rotatable bonds is 12. The quantitative estimate of drug-likeness (QED) is 0.245. The van der Waals surface area contributed by atoms with Crippen molar-refractivity contribution >= 4 is 23.2 Å². The monoisotopic (exact) mass is 535 g/mol. The van der Waals surface area contributed by atoms with Crippen LogP contribution in [0.3, 0.4) is 0 Å². The second kappa shape index (κ2) is 12.7. The summed E-state index contributed by atoms with van der Waals surface area (Å²) in [4.78, 5) is 17.6. The predicted octanol–water partition coefficient (Wildman–Crippen LogP) is 5.88. The van der Waals surface area contributed by atoms with Crippen molar-refractivity contribution in [2.24, 2.45) is 5.92 Å². The highest BCUT2D eigenvalue weighted by atomic mass is 35.5. The van der Waals surface area contributed by atoms with Gasteiger partial charge in [0, 0.05) is 24.6 Å². The van der Waals surface area contributed by atoms with Crippen LogP contribution in [0.5, 0.6) is 17.2 Å². The Morgan fingerprint density at radius 2 is 1.74 bits per heavy atom. The second-order valence-electron chi connectivity index (χ2n) is 9.32. The number of hydrogen-bond donors (Lipinski definition) is 1. The lowest BCUT2D eigenvalue weighted by Gasteiger charge is -2.16. The van der Waals surface area contributed by atoms with E-state index >= 15 is 0 Å². The van der Waals surface area contributed by atoms with Crippen LogP contribution in [0, 0.1) is 5.92 Å². The van der Waals surface area contributed by atoms with Gasteiger partial charge in [-0.15, -0.1) is 0 Å². The van der Waals surface area contributed by atoms with Crippen LogP contribution in [0.25, 0.3) is 5.65 Å². The number of nitrogens with one attached hydrogen (secondary N) is 1. The molecule has 0 radical (unpaired) electrons. The Morgan fingerprint density at radius 1 is 0.974 bits per heavy atom. The molecule has 1 atom stereocenters. The first-order valence-electron chi connectivity index (χ1n) is 12.7. The Labute approximate surface area is 228 Å². The summed E-state index contributed by atoms with van der Waals surface area (Å²) >= 11 is 6.54. The molecule has 1 N–H and O–H groups in total. The van der Waals surface area contributed by atoms with Crippen LogP contribution in [0.2, 0.25) is 5.02 Å². The van der Waals surface area contributed by atoms with Crippen LogP contribution >= 0.6 is 11.6 Å². The van der Waals surface area contributed by atoms with E-state index in [1.165, 1.54) is 0 Å². The summed E-state index contributed by atoms with van der Waals surface area (Å²) < 4.78 is 18.3. The third kappa shape index (κ3) is 6.22. The van der Waals surface area contributed by atoms with Crippen LogP contribution in [-0.4, -0.2) is 36.6 Å². The molecule has 2 heterocycles. The molecule has 4 rings (SSSR count). The van der Waals surface area contributed by atoms with Crippen molar-refractivity contribution in [1.29, 1.82) is 0 Å². The van der Waals surface area contributed by atoms with E-state index < -0.39 is 0 Å². The topological polar surface area (TPSA) is 74.1 Å². The molecule has 0 aliphatic rings. The van der Waals surface area contributed by atoms with Gasteiger partial charge in [0.15, 0.2) is 11.5 Å². The highest BCUT2D eigenvalue weighted by Gasteiger charge is 2.18. The number of nitrogens with zero attached hydrogens (tertiary/aromatic N) is 2. The molecular formula is C30H34ClN3O4. The molecule has 2 aromatic carbocycles. The number of methoxy groups -OCH3 is 3. The predicted molar refractivity (Wildman–Crippen MR) is 149 cm³/mol. The lowest BCUT2D eigenvalue weighted by molar-refractivity contribution is -0.121. The molecule has 0 aliphatic heterocycles. The summed E-state index contributed by atoms with van der Waals surface area (Å²) in [5.41, 5.74) is 4.77. The van der Waals surface area contributed by atoms with Gasteiger partial charge in [-0.2, -0.15) is 0 Å². The highest BCUT2D eigenvalue weighted by molar-refractivity contribution is 6.33. The summed E-state index contributed by atoms with van der Waals surface area (Å²) in [6, 6.07) is 17.7. The number of carbonyl (C=O) groups excluding carboxylic acids is 1. The molecule has 1 amide bonds. The molecular weight excluding hydrogens is 502 g/mol. The maximum atomic E-state index is 12.8. The molecule has 7 nitrogen and oxygen atoms in total. The molecule has 8 heteroatoms. The van der Waals surface area contributed by atoms with E-state index in [9.17, 15) is 4.79 Å². The average Bonchev–Trinajstić information content (AvgIpc) is 3.29. The zero-order valence-corrected chi connectivity index (χ0v) is 23.0. The van der Waals surface area contributed by atoms with E-state index in [1.807, 2.05) is 54.7 Å². The van der Waals surface area contributed by atoms with Crippen molar-refractivity contribution in [2.75, 3.05) is 21.3 Å². The third-order valence-corrected chi connectivity index (χ3v) is 7.13. The maximum Gasteiger partial charge on any atom is 0.220 e. The van der Waals surface area contributed by atoms with Crippen molar-refractivity contribution in [1.82, 2.24) is 14.7 Å². The number of fused-ring (bicyclic) bond motifs is 1. The van der Waals surface area contributed by atoms with E-state index in [1.54, 1.807) is 21.3 Å². The number of amides is 1. The Balaban J connectivity index is 1.39. The summed E-state index contributed by atoms with van der Waals surface area (Å²) in [5.74, 6) is 2.22. The number of carbonyl (C=O) groups is 1. The number of pyridine rings is 1. The van der Waals surface area contributed by atoms with Gasteiger partial charge in [0.2, 0.25) is 5.91 Å². The zero-order chi connectivity index (χ0) is 27.1. The Bertz CT molecular complexity index is 1400. The van der Waals surface area contributed by atoms with Gasteiger partial charge in [-0.3, -0.25) is 4.79 Å². The molecule has 2 aromatic heterocycles. The molecule has 200 valence electrons. The first kappa shape index (κ1) is 27.3. The van der Waals surface area contributed by atoms with Gasteiger partial charge in [0.05, 0.1) is 44.3 Å². The minimum absolute atomic E-state index is 0.00411. The summed E-state index contributed by atoms with van der Waals surface area (Å²) in [6.45, 7) is 2.48. The van der Waals surface area contributed by atoms with Crippen LogP contribution in [0.1, 0.15) is 42.3 Å². The van der Waals surface area contributed by atoms with Gasteiger partial charge in [-0.05, 0) is 48.6 Å². The number of hydrogen-bond acceptors (Lipinski definition) is 5. The van der Waals surface area contributed by atoms with Crippen molar-refractivity contribution in [2.45, 2.75) is 39.2 Å². The van der Waals surface area contributed by atoms with Gasteiger partial charge >= 0.3 is 0 Å². The summed E-state index contributed by atoms with van der Waals surface area (Å²) in [5, 5.41) is 3.62. The number of aromatic nitrogens is 2. The minimum atomic E-state index is -0.00411. The minimum Gasteiger partial charge on any atom is -0.496 e. The molecule has 1 unspecified atom stereocenters. The summed E-state index contributed by atoms with van der Waals surface area (Å²) in [7, 11) is 4.84. The SMILES string of the molecule is COc1ccccc1Cc1c(CNC(=O)CCC(C)Cc2ccc(OC)c(OC)c2Cl)nc2ccccn12. The van der Waals surface area contributed by atoms with E-state index in [4.69, 9.17) is 30.8 Å². The first-order chi connectivity index (χ1) is 18.4. The van der Waals surface area contributed by atoms with Crippen molar-refractivity contribution in [3.8, 4) is 17.2 Å². The normalized spacial score (nSPS) is 11.8.